The lowest BCUT2D eigenvalue weighted by atomic mass is 10.0. The van der Waals surface area contributed by atoms with Crippen LogP contribution in [0.1, 0.15) is 245 Å². The summed E-state index contributed by atoms with van der Waals surface area (Å²) < 4.78 is 34.6. The van der Waals surface area contributed by atoms with Crippen molar-refractivity contribution in [3.8, 4) is 0 Å². The summed E-state index contributed by atoms with van der Waals surface area (Å²) >= 11 is 0. The Labute approximate surface area is 431 Å². The summed E-state index contributed by atoms with van der Waals surface area (Å²) in [6.07, 6.45) is 66.7. The highest BCUT2D eigenvalue weighted by atomic mass is 31.2. The van der Waals surface area contributed by atoms with Gasteiger partial charge in [0.05, 0.1) is 27.7 Å². The second-order valence-electron chi connectivity index (χ2n) is 20.3. The first-order valence-electron chi connectivity index (χ1n) is 28.7. The van der Waals surface area contributed by atoms with Crippen LogP contribution in [0.25, 0.3) is 0 Å². The summed E-state index contributed by atoms with van der Waals surface area (Å²) in [5.74, 6) is -0.799. The Hall–Kier alpha value is -2.55. The van der Waals surface area contributed by atoms with Gasteiger partial charge in [0.2, 0.25) is 0 Å². The smallest absolute Gasteiger partial charge is 0.462 e. The fraction of sp³-hybridized carbons (Fsp3) is 0.767. The Balaban J connectivity index is 4.16. The van der Waals surface area contributed by atoms with Gasteiger partial charge in [0.15, 0.2) is 6.10 Å². The predicted octanol–water partition coefficient (Wildman–Crippen LogP) is 17.7. The molecular weight excluding hydrogens is 894 g/mol. The van der Waals surface area contributed by atoms with E-state index >= 15 is 0 Å². The van der Waals surface area contributed by atoms with Crippen molar-refractivity contribution in [2.24, 2.45) is 0 Å². The molecule has 0 aromatic heterocycles. The third-order valence-corrected chi connectivity index (χ3v) is 13.2. The molecule has 1 N–H and O–H groups in total. The number of quaternary nitrogens is 1. The van der Waals surface area contributed by atoms with E-state index < -0.39 is 26.5 Å². The van der Waals surface area contributed by atoms with Gasteiger partial charge in [-0.05, 0) is 83.5 Å². The van der Waals surface area contributed by atoms with E-state index in [1.807, 2.05) is 21.1 Å². The lowest BCUT2D eigenvalue weighted by Crippen LogP contribution is -2.37. The van der Waals surface area contributed by atoms with Crippen LogP contribution in [-0.4, -0.2) is 74.9 Å². The van der Waals surface area contributed by atoms with Crippen LogP contribution in [0.4, 0.5) is 0 Å². The number of ether oxygens (including phenoxy) is 2. The number of likely N-dealkylation sites (N-methyl/N-ethyl adjacent to an activating group) is 1. The average Bonchev–Trinajstić information content (AvgIpc) is 3.32. The molecule has 0 aliphatic heterocycles. The molecule has 2 atom stereocenters. The van der Waals surface area contributed by atoms with E-state index in [1.165, 1.54) is 141 Å². The SMILES string of the molecule is CC/C=C\C/C=C\C/C=C\C/C=C\CCCCCCCCCCCCCCCCC(=O)OC(COC(=O)CCCCCCCCCCC/C=C\C/C=C\CCCCC)COP(=O)(O)OCC[N+](C)(C)C. The lowest BCUT2D eigenvalue weighted by Gasteiger charge is -2.24. The molecule has 70 heavy (non-hydrogen) atoms. The maximum Gasteiger partial charge on any atom is 0.472 e. The molecule has 0 rings (SSSR count). The van der Waals surface area contributed by atoms with Crippen LogP contribution in [0, 0.1) is 0 Å². The number of carbonyl (C=O) groups is 2. The molecule has 0 heterocycles. The predicted molar refractivity (Wildman–Crippen MR) is 298 cm³/mol. The first-order chi connectivity index (χ1) is 34.0. The van der Waals surface area contributed by atoms with E-state index in [4.69, 9.17) is 18.5 Å². The molecular formula is C60H109NO8P+. The van der Waals surface area contributed by atoms with Gasteiger partial charge >= 0.3 is 19.8 Å². The second kappa shape index (κ2) is 51.4. The fourth-order valence-corrected chi connectivity index (χ4v) is 8.54. The van der Waals surface area contributed by atoms with Crippen molar-refractivity contribution in [2.45, 2.75) is 251 Å². The second-order valence-corrected chi connectivity index (χ2v) is 21.7. The van der Waals surface area contributed by atoms with Crippen LogP contribution < -0.4 is 0 Å². The highest BCUT2D eigenvalue weighted by Gasteiger charge is 2.27. The van der Waals surface area contributed by atoms with Gasteiger partial charge in [-0.2, -0.15) is 0 Å². The topological polar surface area (TPSA) is 108 Å². The monoisotopic (exact) mass is 1000 g/mol. The highest BCUT2D eigenvalue weighted by Crippen LogP contribution is 2.43. The van der Waals surface area contributed by atoms with Gasteiger partial charge in [-0.1, -0.05) is 222 Å². The molecule has 2 unspecified atom stereocenters. The van der Waals surface area contributed by atoms with E-state index in [0.717, 1.165) is 70.6 Å². The van der Waals surface area contributed by atoms with Crippen molar-refractivity contribution >= 4 is 19.8 Å². The van der Waals surface area contributed by atoms with Crippen LogP contribution in [0.2, 0.25) is 0 Å². The molecule has 0 bridgehead atoms. The Bertz CT molecular complexity index is 1410. The largest absolute Gasteiger partial charge is 0.472 e. The number of carbonyl (C=O) groups excluding carboxylic acids is 2. The molecule has 0 radical (unpaired) electrons. The maximum atomic E-state index is 12.8. The first-order valence-corrected chi connectivity index (χ1v) is 30.2. The molecule has 406 valence electrons. The molecule has 0 fully saturated rings. The molecule has 0 aromatic rings. The van der Waals surface area contributed by atoms with E-state index in [-0.39, 0.29) is 32.0 Å². The number of nitrogens with zero attached hydrogens (tertiary/aromatic N) is 1. The number of hydrogen-bond acceptors (Lipinski definition) is 7. The lowest BCUT2D eigenvalue weighted by molar-refractivity contribution is -0.870. The minimum absolute atomic E-state index is 0.0290. The zero-order chi connectivity index (χ0) is 51.3. The van der Waals surface area contributed by atoms with Crippen LogP contribution in [0.15, 0.2) is 72.9 Å². The zero-order valence-corrected chi connectivity index (χ0v) is 46.9. The van der Waals surface area contributed by atoms with Crippen LogP contribution >= 0.6 is 7.82 Å². The molecule has 0 aromatic carbocycles. The maximum absolute atomic E-state index is 12.8. The Morgan fingerprint density at radius 1 is 0.457 bits per heavy atom. The Morgan fingerprint density at radius 2 is 0.814 bits per heavy atom. The number of esters is 2. The average molecular weight is 1000 g/mol. The standard InChI is InChI=1S/C60H108NO8P/c1-6-8-10-12-14-16-18-20-22-24-26-27-28-29-30-31-32-33-35-37-39-41-43-45-47-49-51-53-60(63)69-58(57-68-70(64,65)67-55-54-61(3,4)5)56-66-59(62)52-50-48-46-44-42-40-38-36-34-25-23-21-19-17-15-13-11-9-7-2/h8,10,14-17,20-23,26-27,58H,6-7,9,11-13,18-19,24-25,28-57H2,1-5H3/p+1/b10-8-,16-14-,17-15-,22-20-,23-21-,27-26-. The van der Waals surface area contributed by atoms with Gasteiger partial charge in [-0.15, -0.1) is 0 Å². The first kappa shape index (κ1) is 67.5. The van der Waals surface area contributed by atoms with E-state index in [0.29, 0.717) is 17.4 Å². The van der Waals surface area contributed by atoms with E-state index in [2.05, 4.69) is 86.8 Å². The normalized spacial score (nSPS) is 13.9. The number of rotatable bonds is 52. The van der Waals surface area contributed by atoms with E-state index in [1.54, 1.807) is 0 Å². The molecule has 0 saturated carbocycles. The molecule has 0 aliphatic rings. The Morgan fingerprint density at radius 3 is 1.21 bits per heavy atom. The third-order valence-electron chi connectivity index (χ3n) is 12.2. The number of phosphoric acid groups is 1. The summed E-state index contributed by atoms with van der Waals surface area (Å²) in [5, 5.41) is 0. The number of unbranched alkanes of at least 4 members (excludes halogenated alkanes) is 26. The van der Waals surface area contributed by atoms with Crippen molar-refractivity contribution in [2.75, 3.05) is 47.5 Å². The fourth-order valence-electron chi connectivity index (χ4n) is 7.80. The van der Waals surface area contributed by atoms with Gasteiger partial charge in [-0.25, -0.2) is 4.57 Å². The van der Waals surface area contributed by atoms with Crippen molar-refractivity contribution < 1.29 is 42.1 Å². The van der Waals surface area contributed by atoms with Crippen molar-refractivity contribution in [3.63, 3.8) is 0 Å². The van der Waals surface area contributed by atoms with Crippen LogP contribution in [-0.2, 0) is 32.7 Å². The number of phosphoric ester groups is 1. The molecule has 0 saturated heterocycles. The molecule has 10 heteroatoms. The molecule has 0 spiro atoms. The molecule has 9 nitrogen and oxygen atoms in total. The van der Waals surface area contributed by atoms with Gasteiger partial charge in [-0.3, -0.25) is 18.6 Å². The zero-order valence-electron chi connectivity index (χ0n) is 46.0. The van der Waals surface area contributed by atoms with Gasteiger partial charge in [0.25, 0.3) is 0 Å². The van der Waals surface area contributed by atoms with Gasteiger partial charge in [0, 0.05) is 12.8 Å². The summed E-state index contributed by atoms with van der Waals surface area (Å²) in [6.45, 7) is 4.31. The van der Waals surface area contributed by atoms with Crippen molar-refractivity contribution in [3.05, 3.63) is 72.9 Å². The van der Waals surface area contributed by atoms with Crippen LogP contribution in [0.5, 0.6) is 0 Å². The van der Waals surface area contributed by atoms with Crippen molar-refractivity contribution in [1.29, 1.82) is 0 Å². The number of hydrogen-bond donors (Lipinski definition) is 1. The summed E-state index contributed by atoms with van der Waals surface area (Å²) in [6, 6.07) is 0. The summed E-state index contributed by atoms with van der Waals surface area (Å²) in [7, 11) is 1.47. The summed E-state index contributed by atoms with van der Waals surface area (Å²) in [4.78, 5) is 35.7. The van der Waals surface area contributed by atoms with E-state index in [9.17, 15) is 19.0 Å². The minimum Gasteiger partial charge on any atom is -0.462 e. The van der Waals surface area contributed by atoms with Gasteiger partial charge < -0.3 is 18.9 Å². The third kappa shape index (κ3) is 54.8. The molecule has 0 amide bonds. The quantitative estimate of drug-likeness (QED) is 0.0211. The van der Waals surface area contributed by atoms with Crippen LogP contribution in [0.3, 0.4) is 0 Å². The Kier molecular flexibility index (Phi) is 49.5. The van der Waals surface area contributed by atoms with Crippen molar-refractivity contribution in [1.82, 2.24) is 0 Å². The summed E-state index contributed by atoms with van der Waals surface area (Å²) in [5.41, 5.74) is 0. The van der Waals surface area contributed by atoms with Gasteiger partial charge in [0.1, 0.15) is 19.8 Å². The number of allylic oxidation sites excluding steroid dienone is 12. The molecule has 0 aliphatic carbocycles. The minimum atomic E-state index is -4.39. The highest BCUT2D eigenvalue weighted by molar-refractivity contribution is 7.47.